The largest absolute Gasteiger partial charge is 0.481 e. The lowest BCUT2D eigenvalue weighted by atomic mass is 10.0. The summed E-state index contributed by atoms with van der Waals surface area (Å²) < 4.78 is 6.86. The summed E-state index contributed by atoms with van der Waals surface area (Å²) in [7, 11) is 0. The fraction of sp³-hybridized carbons (Fsp3) is 0.167. The predicted molar refractivity (Wildman–Crippen MR) is 94.6 cm³/mol. The summed E-state index contributed by atoms with van der Waals surface area (Å²) >= 11 is 5.88. The van der Waals surface area contributed by atoms with Crippen LogP contribution < -0.4 is 5.56 Å². The Hall–Kier alpha value is -3.06. The topological polar surface area (TPSA) is 110 Å². The molecule has 0 atom stereocenters. The van der Waals surface area contributed by atoms with Crippen molar-refractivity contribution in [2.24, 2.45) is 0 Å². The molecule has 0 aliphatic heterocycles. The Bertz CT molecular complexity index is 1080. The van der Waals surface area contributed by atoms with Gasteiger partial charge in [-0.3, -0.25) is 14.4 Å². The highest BCUT2D eigenvalue weighted by Gasteiger charge is 2.23. The van der Waals surface area contributed by atoms with Crippen molar-refractivity contribution >= 4 is 34.5 Å². The molecule has 0 saturated carbocycles. The SMILES string of the molecule is Cc1cc2oc(-c3ccc(Cl)cc3)c(CC(=O)O)c2c(=O)n1CC(=O)O. The monoisotopic (exact) mass is 375 g/mol. The van der Waals surface area contributed by atoms with Gasteiger partial charge in [-0.15, -0.1) is 0 Å². The molecule has 0 bridgehead atoms. The zero-order chi connectivity index (χ0) is 19.0. The van der Waals surface area contributed by atoms with Gasteiger partial charge < -0.3 is 19.2 Å². The molecule has 8 heteroatoms. The van der Waals surface area contributed by atoms with Crippen molar-refractivity contribution in [3.8, 4) is 11.3 Å². The quantitative estimate of drug-likeness (QED) is 0.709. The van der Waals surface area contributed by atoms with Gasteiger partial charge in [0.1, 0.15) is 17.9 Å². The van der Waals surface area contributed by atoms with E-state index < -0.39 is 30.5 Å². The number of carboxylic acids is 2. The number of nitrogens with zero attached hydrogens (tertiary/aromatic N) is 1. The number of aliphatic carboxylic acids is 2. The standard InChI is InChI=1S/C18H14ClNO6/c1-9-6-13-16(18(25)20(9)8-15(23)24)12(7-14(21)22)17(26-13)10-2-4-11(19)5-3-10/h2-6H,7-8H2,1H3,(H,21,22)(H,23,24). The van der Waals surface area contributed by atoms with Crippen molar-refractivity contribution in [3.05, 3.63) is 57.0 Å². The number of benzene rings is 1. The van der Waals surface area contributed by atoms with Gasteiger partial charge in [0.2, 0.25) is 0 Å². The normalized spacial score (nSPS) is 11.0. The number of aryl methyl sites for hydroxylation is 1. The van der Waals surface area contributed by atoms with E-state index in [1.165, 1.54) is 6.07 Å². The molecule has 0 aliphatic carbocycles. The summed E-state index contributed by atoms with van der Waals surface area (Å²) in [5, 5.41) is 18.9. The van der Waals surface area contributed by atoms with E-state index in [-0.39, 0.29) is 22.3 Å². The van der Waals surface area contributed by atoms with E-state index >= 15 is 0 Å². The highest BCUT2D eigenvalue weighted by Crippen LogP contribution is 2.33. The molecule has 3 aromatic rings. The molecule has 134 valence electrons. The minimum absolute atomic E-state index is 0.0733. The minimum Gasteiger partial charge on any atom is -0.481 e. The first-order valence-electron chi connectivity index (χ1n) is 7.63. The van der Waals surface area contributed by atoms with E-state index in [2.05, 4.69) is 0 Å². The summed E-state index contributed by atoms with van der Waals surface area (Å²) in [6.07, 6.45) is -0.434. The number of fused-ring (bicyclic) bond motifs is 1. The molecule has 0 unspecified atom stereocenters. The third-order valence-electron chi connectivity index (χ3n) is 3.99. The lowest BCUT2D eigenvalue weighted by Crippen LogP contribution is -2.26. The maximum Gasteiger partial charge on any atom is 0.323 e. The second-order valence-electron chi connectivity index (χ2n) is 5.80. The third-order valence-corrected chi connectivity index (χ3v) is 4.24. The van der Waals surface area contributed by atoms with Gasteiger partial charge in [-0.05, 0) is 31.2 Å². The van der Waals surface area contributed by atoms with Crippen molar-refractivity contribution in [3.63, 3.8) is 0 Å². The number of halogens is 1. The summed E-state index contributed by atoms with van der Waals surface area (Å²) in [6.45, 7) is 1.07. The minimum atomic E-state index is -1.17. The van der Waals surface area contributed by atoms with Crippen LogP contribution in [0, 0.1) is 6.92 Å². The van der Waals surface area contributed by atoms with Gasteiger partial charge in [-0.2, -0.15) is 0 Å². The maximum atomic E-state index is 12.8. The first kappa shape index (κ1) is 17.8. The third kappa shape index (κ3) is 3.21. The molecule has 2 aromatic heterocycles. The second-order valence-corrected chi connectivity index (χ2v) is 6.23. The molecule has 7 nitrogen and oxygen atoms in total. The Balaban J connectivity index is 2.34. The van der Waals surface area contributed by atoms with Crippen LogP contribution >= 0.6 is 11.6 Å². The Morgan fingerprint density at radius 2 is 1.81 bits per heavy atom. The van der Waals surface area contributed by atoms with Crippen LogP contribution in [-0.2, 0) is 22.6 Å². The lowest BCUT2D eigenvalue weighted by Gasteiger charge is -2.07. The van der Waals surface area contributed by atoms with E-state index in [1.807, 2.05) is 0 Å². The van der Waals surface area contributed by atoms with Crippen LogP contribution in [0.15, 0.2) is 39.5 Å². The molecule has 0 saturated heterocycles. The smallest absolute Gasteiger partial charge is 0.323 e. The number of carboxylic acid groups (broad SMARTS) is 2. The second kappa shape index (κ2) is 6.68. The van der Waals surface area contributed by atoms with Gasteiger partial charge in [0.15, 0.2) is 0 Å². The van der Waals surface area contributed by atoms with E-state index in [1.54, 1.807) is 31.2 Å². The fourth-order valence-corrected chi connectivity index (χ4v) is 3.00. The van der Waals surface area contributed by atoms with Crippen molar-refractivity contribution in [1.29, 1.82) is 0 Å². The number of aromatic nitrogens is 1. The molecule has 0 amide bonds. The van der Waals surface area contributed by atoms with E-state index in [9.17, 15) is 19.5 Å². The Kier molecular flexibility index (Phi) is 4.56. The van der Waals surface area contributed by atoms with Gasteiger partial charge in [-0.25, -0.2) is 0 Å². The summed E-state index contributed by atoms with van der Waals surface area (Å²) in [6, 6.07) is 8.11. The molecule has 3 rings (SSSR count). The number of hydrogen-bond acceptors (Lipinski definition) is 4. The lowest BCUT2D eigenvalue weighted by molar-refractivity contribution is -0.138. The Morgan fingerprint density at radius 1 is 1.15 bits per heavy atom. The van der Waals surface area contributed by atoms with Crippen LogP contribution in [0.3, 0.4) is 0 Å². The van der Waals surface area contributed by atoms with Crippen LogP contribution in [0.2, 0.25) is 5.02 Å². The van der Waals surface area contributed by atoms with Crippen molar-refractivity contribution in [1.82, 2.24) is 4.57 Å². The number of hydrogen-bond donors (Lipinski definition) is 2. The Labute approximate surface area is 152 Å². The molecular weight excluding hydrogens is 362 g/mol. The van der Waals surface area contributed by atoms with Crippen molar-refractivity contribution in [2.45, 2.75) is 19.9 Å². The van der Waals surface area contributed by atoms with Gasteiger partial charge in [0, 0.05) is 27.9 Å². The molecule has 1 aromatic carbocycles. The molecule has 26 heavy (non-hydrogen) atoms. The zero-order valence-electron chi connectivity index (χ0n) is 13.7. The maximum absolute atomic E-state index is 12.8. The zero-order valence-corrected chi connectivity index (χ0v) is 14.4. The average molecular weight is 376 g/mol. The first-order chi connectivity index (χ1) is 12.3. The molecule has 0 aliphatic rings. The molecule has 0 spiro atoms. The van der Waals surface area contributed by atoms with Gasteiger partial charge in [-0.1, -0.05) is 11.6 Å². The Morgan fingerprint density at radius 3 is 2.38 bits per heavy atom. The number of pyridine rings is 1. The predicted octanol–water partition coefficient (Wildman–Crippen LogP) is 2.94. The van der Waals surface area contributed by atoms with Crippen LogP contribution in [0.25, 0.3) is 22.3 Å². The van der Waals surface area contributed by atoms with Crippen LogP contribution in [0.1, 0.15) is 11.3 Å². The van der Waals surface area contributed by atoms with Crippen LogP contribution in [0.5, 0.6) is 0 Å². The summed E-state index contributed by atoms with van der Waals surface area (Å²) in [4.78, 5) is 35.2. The average Bonchev–Trinajstić information content (AvgIpc) is 2.89. The van der Waals surface area contributed by atoms with E-state index in [4.69, 9.17) is 21.1 Å². The number of furan rings is 1. The summed E-state index contributed by atoms with van der Waals surface area (Å²) in [5.41, 5.74) is 0.809. The summed E-state index contributed by atoms with van der Waals surface area (Å²) in [5.74, 6) is -2.05. The first-order valence-corrected chi connectivity index (χ1v) is 8.01. The highest BCUT2D eigenvalue weighted by atomic mass is 35.5. The fourth-order valence-electron chi connectivity index (χ4n) is 2.87. The molecular formula is C18H14ClNO6. The number of rotatable bonds is 5. The molecule has 0 fully saturated rings. The van der Waals surface area contributed by atoms with Crippen LogP contribution in [-0.4, -0.2) is 26.7 Å². The van der Waals surface area contributed by atoms with Crippen LogP contribution in [0.4, 0.5) is 0 Å². The molecule has 2 N–H and O–H groups in total. The van der Waals surface area contributed by atoms with Gasteiger partial charge >= 0.3 is 11.9 Å². The van der Waals surface area contributed by atoms with E-state index in [0.717, 1.165) is 4.57 Å². The van der Waals surface area contributed by atoms with Gasteiger partial charge in [0.05, 0.1) is 11.8 Å². The number of carbonyl (C=O) groups is 2. The molecule has 2 heterocycles. The molecule has 0 radical (unpaired) electrons. The van der Waals surface area contributed by atoms with Gasteiger partial charge in [0.25, 0.3) is 5.56 Å². The highest BCUT2D eigenvalue weighted by molar-refractivity contribution is 6.30. The van der Waals surface area contributed by atoms with E-state index in [0.29, 0.717) is 16.3 Å². The van der Waals surface area contributed by atoms with Crippen molar-refractivity contribution < 1.29 is 24.2 Å². The van der Waals surface area contributed by atoms with Crippen molar-refractivity contribution in [2.75, 3.05) is 0 Å².